The first-order chi connectivity index (χ1) is 22.0. The molecular weight excluding hydrogens is 631 g/mol. The van der Waals surface area contributed by atoms with Gasteiger partial charge in [-0.1, -0.05) is 0 Å². The second kappa shape index (κ2) is 14.2. The smallest absolute Gasteiger partial charge is 0.221 e. The Labute approximate surface area is 274 Å². The van der Waals surface area contributed by atoms with Gasteiger partial charge in [-0.2, -0.15) is 0 Å². The molecule has 0 aromatic heterocycles. The number of ether oxygens (including phenoxy) is 2. The lowest BCUT2D eigenvalue weighted by Crippen LogP contribution is -2.50. The number of hydrogen-bond donors (Lipinski definition) is 2. The zero-order valence-electron chi connectivity index (χ0n) is 24.5. The monoisotopic (exact) mass is 656 g/mol. The summed E-state index contributed by atoms with van der Waals surface area (Å²) in [6.45, 7) is 2.85. The maximum absolute atomic E-state index is 13.2. The van der Waals surface area contributed by atoms with Crippen LogP contribution in [0.3, 0.4) is 0 Å². The normalized spacial score (nSPS) is 17.9. The van der Waals surface area contributed by atoms with E-state index < -0.39 is 22.3 Å². The number of alkyl halides is 2. The van der Waals surface area contributed by atoms with Crippen LogP contribution >= 0.6 is 23.2 Å². The molecule has 0 radical (unpaired) electrons. The van der Waals surface area contributed by atoms with Gasteiger partial charge >= 0.3 is 0 Å². The zero-order valence-corrected chi connectivity index (χ0v) is 26.0. The summed E-state index contributed by atoms with van der Waals surface area (Å²) >= 11 is 12.8. The number of rotatable bonds is 8. The Morgan fingerprint density at radius 2 is 0.826 bits per heavy atom. The van der Waals surface area contributed by atoms with Crippen LogP contribution in [-0.4, -0.2) is 45.6 Å². The Morgan fingerprint density at radius 3 is 1.11 bits per heavy atom. The van der Waals surface area contributed by atoms with Gasteiger partial charge in [0, 0.05) is 25.2 Å². The van der Waals surface area contributed by atoms with Crippen molar-refractivity contribution in [2.24, 2.45) is 9.98 Å². The molecule has 4 aromatic carbocycles. The fourth-order valence-corrected chi connectivity index (χ4v) is 4.86. The highest BCUT2D eigenvalue weighted by molar-refractivity contribution is 6.79. The Kier molecular flexibility index (Phi) is 9.90. The summed E-state index contributed by atoms with van der Waals surface area (Å²) in [5.41, 5.74) is 1.68. The van der Waals surface area contributed by atoms with Gasteiger partial charge < -0.3 is 20.1 Å². The first-order valence-corrected chi connectivity index (χ1v) is 14.8. The SMILES string of the molecule is CC(=O)Nc1ccc(Oc2ccc(N=C3C(=O)C(Cl)C(=Nc4ccc(Oc5ccc(NC(C)=O)cc5)cc4)C(=O)C3Cl)cc2)cc1. The van der Waals surface area contributed by atoms with Crippen molar-refractivity contribution < 1.29 is 28.7 Å². The van der Waals surface area contributed by atoms with E-state index in [1.165, 1.54) is 13.8 Å². The van der Waals surface area contributed by atoms with Gasteiger partial charge in [0.15, 0.2) is 0 Å². The van der Waals surface area contributed by atoms with Gasteiger partial charge in [-0.3, -0.25) is 19.2 Å². The van der Waals surface area contributed by atoms with Crippen LogP contribution in [0.15, 0.2) is 107 Å². The zero-order chi connectivity index (χ0) is 32.8. The predicted octanol–water partition coefficient (Wildman–Crippen LogP) is 7.40. The van der Waals surface area contributed by atoms with E-state index in [-0.39, 0.29) is 23.2 Å². The fraction of sp³-hybridized carbons (Fsp3) is 0.118. The number of ketones is 2. The Morgan fingerprint density at radius 1 is 0.543 bits per heavy atom. The van der Waals surface area contributed by atoms with Gasteiger partial charge in [0.2, 0.25) is 23.4 Å². The maximum Gasteiger partial charge on any atom is 0.221 e. The molecule has 46 heavy (non-hydrogen) atoms. The number of aliphatic imine (C=N–C) groups is 2. The summed E-state index contributed by atoms with van der Waals surface area (Å²) in [5, 5.41) is 2.62. The molecule has 0 bridgehead atoms. The third kappa shape index (κ3) is 8.03. The summed E-state index contributed by atoms with van der Waals surface area (Å²) in [6, 6.07) is 26.8. The number of anilines is 2. The van der Waals surface area contributed by atoms with E-state index in [1.807, 2.05) is 0 Å². The molecule has 1 aliphatic carbocycles. The summed E-state index contributed by atoms with van der Waals surface area (Å²) in [4.78, 5) is 57.3. The summed E-state index contributed by atoms with van der Waals surface area (Å²) < 4.78 is 11.6. The molecule has 0 heterocycles. The Hall–Kier alpha value is -5.32. The Bertz CT molecular complexity index is 1700. The second-order valence-electron chi connectivity index (χ2n) is 10.1. The van der Waals surface area contributed by atoms with Crippen molar-refractivity contribution in [3.05, 3.63) is 97.1 Å². The molecule has 1 fully saturated rings. The molecule has 12 heteroatoms. The third-order valence-electron chi connectivity index (χ3n) is 6.44. The van der Waals surface area contributed by atoms with Gasteiger partial charge in [-0.05, 0) is 97.1 Å². The van der Waals surface area contributed by atoms with Crippen molar-refractivity contribution in [3.63, 3.8) is 0 Å². The van der Waals surface area contributed by atoms with Crippen molar-refractivity contribution in [1.29, 1.82) is 0 Å². The van der Waals surface area contributed by atoms with Crippen LogP contribution in [0.2, 0.25) is 0 Å². The summed E-state index contributed by atoms with van der Waals surface area (Å²) in [5.74, 6) is 0.523. The number of carbonyl (C=O) groups excluding carboxylic acids is 4. The van der Waals surface area contributed by atoms with Crippen LogP contribution in [0.25, 0.3) is 0 Å². The maximum atomic E-state index is 13.2. The highest BCUT2D eigenvalue weighted by Crippen LogP contribution is 2.29. The van der Waals surface area contributed by atoms with Gasteiger partial charge in [0.05, 0.1) is 11.4 Å². The first-order valence-electron chi connectivity index (χ1n) is 13.9. The molecule has 0 saturated heterocycles. The average Bonchev–Trinajstić information content (AvgIpc) is 3.03. The number of benzene rings is 4. The third-order valence-corrected chi connectivity index (χ3v) is 7.25. The van der Waals surface area contributed by atoms with Crippen LogP contribution < -0.4 is 20.1 Å². The average molecular weight is 658 g/mol. The summed E-state index contributed by atoms with van der Waals surface area (Å²) in [6.07, 6.45) is 0. The number of Topliss-reactive ketones (excluding diaryl/α,β-unsaturated/α-hetero) is 2. The van der Waals surface area contributed by atoms with Crippen molar-refractivity contribution in [3.8, 4) is 23.0 Å². The van der Waals surface area contributed by atoms with Crippen LogP contribution in [0, 0.1) is 0 Å². The largest absolute Gasteiger partial charge is 0.457 e. The van der Waals surface area contributed by atoms with Crippen molar-refractivity contribution in [2.75, 3.05) is 10.6 Å². The molecule has 1 saturated carbocycles. The van der Waals surface area contributed by atoms with E-state index in [0.717, 1.165) is 0 Å². The summed E-state index contributed by atoms with van der Waals surface area (Å²) in [7, 11) is 0. The molecular formula is C34H26Cl2N4O6. The van der Waals surface area contributed by atoms with E-state index in [4.69, 9.17) is 32.7 Å². The Balaban J connectivity index is 1.24. The minimum Gasteiger partial charge on any atom is -0.457 e. The fourth-order valence-electron chi connectivity index (χ4n) is 4.33. The van der Waals surface area contributed by atoms with E-state index in [0.29, 0.717) is 45.7 Å². The number of nitrogens with zero attached hydrogens (tertiary/aromatic N) is 2. The lowest BCUT2D eigenvalue weighted by molar-refractivity contribution is -0.116. The molecule has 0 aliphatic heterocycles. The molecule has 2 unspecified atom stereocenters. The lowest BCUT2D eigenvalue weighted by atomic mass is 9.92. The highest BCUT2D eigenvalue weighted by atomic mass is 35.5. The highest BCUT2D eigenvalue weighted by Gasteiger charge is 2.44. The van der Waals surface area contributed by atoms with Crippen molar-refractivity contribution in [2.45, 2.75) is 24.6 Å². The molecule has 10 nitrogen and oxygen atoms in total. The van der Waals surface area contributed by atoms with Gasteiger partial charge in [0.25, 0.3) is 0 Å². The standard InChI is InChI=1S/C34H26Cl2N4O6/c1-19(41)37-21-3-11-25(12-4-21)45-27-15-7-23(8-16-27)39-31-29(35)34(44)32(30(36)33(31)43)40-24-9-17-28(18-10-24)46-26-13-5-22(6-14-26)38-20(2)42/h3-18,29-30H,1-2H3,(H,37,41)(H,38,42). The number of hydrogen-bond acceptors (Lipinski definition) is 8. The molecule has 232 valence electrons. The molecule has 2 atom stereocenters. The quantitative estimate of drug-likeness (QED) is 0.190. The van der Waals surface area contributed by atoms with E-state index in [1.54, 1.807) is 97.1 Å². The molecule has 1 aliphatic rings. The van der Waals surface area contributed by atoms with Gasteiger partial charge in [-0.25, -0.2) is 9.98 Å². The number of nitrogens with one attached hydrogen (secondary N) is 2. The lowest BCUT2D eigenvalue weighted by Gasteiger charge is -2.22. The van der Waals surface area contributed by atoms with E-state index >= 15 is 0 Å². The molecule has 4 aromatic rings. The number of halogens is 2. The minimum absolute atomic E-state index is 0.172. The van der Waals surface area contributed by atoms with E-state index in [9.17, 15) is 19.2 Å². The van der Waals surface area contributed by atoms with Crippen LogP contribution in [-0.2, 0) is 19.2 Å². The van der Waals surface area contributed by atoms with E-state index in [2.05, 4.69) is 20.6 Å². The van der Waals surface area contributed by atoms with Crippen molar-refractivity contribution in [1.82, 2.24) is 0 Å². The van der Waals surface area contributed by atoms with Crippen molar-refractivity contribution >= 4 is 80.8 Å². The number of carbonyl (C=O) groups is 4. The topological polar surface area (TPSA) is 136 Å². The molecule has 0 spiro atoms. The first kappa shape index (κ1) is 32.1. The van der Waals surface area contributed by atoms with Gasteiger partial charge in [-0.15, -0.1) is 23.2 Å². The second-order valence-corrected chi connectivity index (χ2v) is 10.9. The van der Waals surface area contributed by atoms with Crippen LogP contribution in [0.5, 0.6) is 23.0 Å². The molecule has 2 amide bonds. The minimum atomic E-state index is -1.37. The van der Waals surface area contributed by atoms with Crippen LogP contribution in [0.1, 0.15) is 13.8 Å². The van der Waals surface area contributed by atoms with Gasteiger partial charge in [0.1, 0.15) is 45.2 Å². The predicted molar refractivity (Wildman–Crippen MR) is 178 cm³/mol. The van der Waals surface area contributed by atoms with Crippen LogP contribution in [0.4, 0.5) is 22.7 Å². The molecule has 2 N–H and O–H groups in total. The number of amides is 2. The molecule has 5 rings (SSSR count).